The Balaban J connectivity index is 2.32. The molecule has 0 aromatic carbocycles. The molecule has 6 heteroatoms. The summed E-state index contributed by atoms with van der Waals surface area (Å²) in [5.41, 5.74) is 0.412. The third kappa shape index (κ3) is 5.67. The number of aliphatic hydroxyl groups excluding tert-OH is 1. The Kier molecular flexibility index (Phi) is 7.01. The van der Waals surface area contributed by atoms with E-state index in [-0.39, 0.29) is 22.8 Å². The Morgan fingerprint density at radius 2 is 1.78 bits per heavy atom. The molecule has 0 unspecified atom stereocenters. The van der Waals surface area contributed by atoms with Crippen molar-refractivity contribution >= 4 is 29.1 Å². The van der Waals surface area contributed by atoms with Gasteiger partial charge in [0.1, 0.15) is 10.3 Å². The van der Waals surface area contributed by atoms with Crippen LogP contribution in [0.3, 0.4) is 0 Å². The Morgan fingerprint density at radius 1 is 1.17 bits per heavy atom. The molecule has 1 aromatic heterocycles. The van der Waals surface area contributed by atoms with Crippen molar-refractivity contribution in [1.82, 2.24) is 10.3 Å². The van der Waals surface area contributed by atoms with Crippen molar-refractivity contribution in [3.63, 3.8) is 0 Å². The topological polar surface area (TPSA) is 62.2 Å². The van der Waals surface area contributed by atoms with E-state index < -0.39 is 0 Å². The number of carbonyl (C=O) groups excluding carboxylic acids is 1. The molecular weight excluding hydrogens is 275 g/mol. The number of hydrogen-bond acceptors (Lipinski definition) is 3. The molecule has 0 spiro atoms. The highest BCUT2D eigenvalue weighted by molar-refractivity contribution is 6.33. The van der Waals surface area contributed by atoms with E-state index in [0.717, 1.165) is 25.7 Å². The van der Waals surface area contributed by atoms with Gasteiger partial charge in [0.25, 0.3) is 5.91 Å². The van der Waals surface area contributed by atoms with E-state index in [1.165, 1.54) is 12.1 Å². The summed E-state index contributed by atoms with van der Waals surface area (Å²) in [7, 11) is 0. The van der Waals surface area contributed by atoms with Gasteiger partial charge in [0.15, 0.2) is 0 Å². The van der Waals surface area contributed by atoms with Gasteiger partial charge in [-0.25, -0.2) is 4.98 Å². The lowest BCUT2D eigenvalue weighted by Crippen LogP contribution is -2.24. The minimum absolute atomic E-state index is 0.204. The number of carbonyl (C=O) groups is 1. The lowest BCUT2D eigenvalue weighted by molar-refractivity contribution is 0.0952. The molecule has 0 atom stereocenters. The number of rotatable bonds is 7. The van der Waals surface area contributed by atoms with Gasteiger partial charge in [0.05, 0.1) is 0 Å². The first-order chi connectivity index (χ1) is 8.63. The highest BCUT2D eigenvalue weighted by Gasteiger charge is 2.07. The maximum atomic E-state index is 11.7. The first kappa shape index (κ1) is 15.2. The smallest absolute Gasteiger partial charge is 0.251 e. The van der Waals surface area contributed by atoms with Crippen molar-refractivity contribution in [2.45, 2.75) is 25.7 Å². The van der Waals surface area contributed by atoms with Crippen LogP contribution in [-0.2, 0) is 0 Å². The SMILES string of the molecule is O=C(NCCCCCCO)c1cc(Cl)nc(Cl)c1. The molecule has 0 aliphatic carbocycles. The molecule has 0 radical (unpaired) electrons. The number of amides is 1. The second kappa shape index (κ2) is 8.29. The number of aliphatic hydroxyl groups is 1. The van der Waals surface area contributed by atoms with Crippen molar-refractivity contribution in [2.24, 2.45) is 0 Å². The fourth-order valence-corrected chi connectivity index (χ4v) is 1.95. The van der Waals surface area contributed by atoms with E-state index in [1.807, 2.05) is 0 Å². The maximum Gasteiger partial charge on any atom is 0.251 e. The van der Waals surface area contributed by atoms with Crippen LogP contribution in [-0.4, -0.2) is 29.1 Å². The van der Waals surface area contributed by atoms with Crippen LogP contribution in [0.1, 0.15) is 36.0 Å². The van der Waals surface area contributed by atoms with Crippen LogP contribution in [0.4, 0.5) is 0 Å². The van der Waals surface area contributed by atoms with Gasteiger partial charge in [-0.05, 0) is 25.0 Å². The van der Waals surface area contributed by atoms with Gasteiger partial charge < -0.3 is 10.4 Å². The van der Waals surface area contributed by atoms with Crippen LogP contribution in [0.2, 0.25) is 10.3 Å². The first-order valence-corrected chi connectivity index (χ1v) is 6.61. The first-order valence-electron chi connectivity index (χ1n) is 5.85. The minimum atomic E-state index is -0.205. The zero-order valence-corrected chi connectivity index (χ0v) is 11.5. The second-order valence-electron chi connectivity index (χ2n) is 3.89. The molecule has 1 rings (SSSR count). The summed E-state index contributed by atoms with van der Waals surface area (Å²) in [5, 5.41) is 11.8. The van der Waals surface area contributed by atoms with Gasteiger partial charge in [0.2, 0.25) is 0 Å². The highest BCUT2D eigenvalue weighted by atomic mass is 35.5. The number of pyridine rings is 1. The number of unbranched alkanes of at least 4 members (excludes halogenated alkanes) is 3. The molecular formula is C12H16Cl2N2O2. The molecule has 2 N–H and O–H groups in total. The average molecular weight is 291 g/mol. The molecule has 1 amide bonds. The third-order valence-corrected chi connectivity index (χ3v) is 2.78. The summed E-state index contributed by atoms with van der Waals surface area (Å²) >= 11 is 11.4. The lowest BCUT2D eigenvalue weighted by atomic mass is 10.2. The summed E-state index contributed by atoms with van der Waals surface area (Å²) in [6.07, 6.45) is 3.65. The third-order valence-electron chi connectivity index (χ3n) is 2.40. The molecule has 18 heavy (non-hydrogen) atoms. The average Bonchev–Trinajstić information content (AvgIpc) is 2.32. The van der Waals surface area contributed by atoms with Crippen molar-refractivity contribution in [2.75, 3.05) is 13.2 Å². The summed E-state index contributed by atoms with van der Waals surface area (Å²) in [6, 6.07) is 2.96. The standard InChI is InChI=1S/C12H16Cl2N2O2/c13-10-7-9(8-11(14)16-10)12(18)15-5-3-1-2-4-6-17/h7-8,17H,1-6H2,(H,15,18). The van der Waals surface area contributed by atoms with E-state index in [1.54, 1.807) is 0 Å². The van der Waals surface area contributed by atoms with Gasteiger partial charge in [-0.15, -0.1) is 0 Å². The summed E-state index contributed by atoms with van der Waals surface area (Å²) < 4.78 is 0. The van der Waals surface area contributed by atoms with Crippen LogP contribution in [0.5, 0.6) is 0 Å². The predicted octanol–water partition coefficient (Wildman–Crippen LogP) is 2.67. The molecule has 0 saturated carbocycles. The van der Waals surface area contributed by atoms with E-state index in [0.29, 0.717) is 12.1 Å². The molecule has 0 aliphatic heterocycles. The number of aromatic nitrogens is 1. The molecule has 0 fully saturated rings. The number of hydrogen-bond donors (Lipinski definition) is 2. The fourth-order valence-electron chi connectivity index (χ4n) is 1.49. The van der Waals surface area contributed by atoms with Crippen molar-refractivity contribution < 1.29 is 9.90 Å². The molecule has 0 saturated heterocycles. The molecule has 0 bridgehead atoms. The maximum absolute atomic E-state index is 11.7. The van der Waals surface area contributed by atoms with Crippen LogP contribution >= 0.6 is 23.2 Å². The molecule has 4 nitrogen and oxygen atoms in total. The van der Waals surface area contributed by atoms with E-state index in [4.69, 9.17) is 28.3 Å². The molecule has 1 aromatic rings. The van der Waals surface area contributed by atoms with E-state index >= 15 is 0 Å². The van der Waals surface area contributed by atoms with Gasteiger partial charge in [-0.1, -0.05) is 36.0 Å². The van der Waals surface area contributed by atoms with Crippen LogP contribution < -0.4 is 5.32 Å². The fraction of sp³-hybridized carbons (Fsp3) is 0.500. The van der Waals surface area contributed by atoms with E-state index in [2.05, 4.69) is 10.3 Å². The largest absolute Gasteiger partial charge is 0.396 e. The number of nitrogens with one attached hydrogen (secondary N) is 1. The summed E-state index contributed by atoms with van der Waals surface area (Å²) in [5.74, 6) is -0.205. The number of halogens is 2. The van der Waals surface area contributed by atoms with Crippen LogP contribution in [0.15, 0.2) is 12.1 Å². The zero-order chi connectivity index (χ0) is 13.4. The van der Waals surface area contributed by atoms with Crippen LogP contribution in [0, 0.1) is 0 Å². The monoisotopic (exact) mass is 290 g/mol. The van der Waals surface area contributed by atoms with Gasteiger partial charge in [0, 0.05) is 18.7 Å². The minimum Gasteiger partial charge on any atom is -0.396 e. The van der Waals surface area contributed by atoms with Gasteiger partial charge in [-0.3, -0.25) is 4.79 Å². The summed E-state index contributed by atoms with van der Waals surface area (Å²) in [6.45, 7) is 0.822. The molecule has 1 heterocycles. The zero-order valence-electron chi connectivity index (χ0n) is 9.96. The molecule has 0 aliphatic rings. The van der Waals surface area contributed by atoms with Crippen molar-refractivity contribution in [3.05, 3.63) is 28.0 Å². The number of nitrogens with zero attached hydrogens (tertiary/aromatic N) is 1. The highest BCUT2D eigenvalue weighted by Crippen LogP contribution is 2.14. The Bertz CT molecular complexity index is 379. The molecule has 100 valence electrons. The Labute approximate surface area is 116 Å². The van der Waals surface area contributed by atoms with Crippen molar-refractivity contribution in [3.8, 4) is 0 Å². The van der Waals surface area contributed by atoms with Crippen LogP contribution in [0.25, 0.3) is 0 Å². The van der Waals surface area contributed by atoms with Crippen molar-refractivity contribution in [1.29, 1.82) is 0 Å². The predicted molar refractivity (Wildman–Crippen MR) is 72.1 cm³/mol. The van der Waals surface area contributed by atoms with Gasteiger partial charge >= 0.3 is 0 Å². The normalized spacial score (nSPS) is 10.4. The second-order valence-corrected chi connectivity index (χ2v) is 4.67. The van der Waals surface area contributed by atoms with E-state index in [9.17, 15) is 4.79 Å². The Morgan fingerprint density at radius 3 is 2.39 bits per heavy atom. The van der Waals surface area contributed by atoms with Gasteiger partial charge in [-0.2, -0.15) is 0 Å². The summed E-state index contributed by atoms with van der Waals surface area (Å²) in [4.78, 5) is 15.5. The Hall–Kier alpha value is -0.840. The quantitative estimate of drug-likeness (QED) is 0.599. The lowest BCUT2D eigenvalue weighted by Gasteiger charge is -2.05.